The molecule has 4 aromatic rings. The van der Waals surface area contributed by atoms with Gasteiger partial charge in [0, 0.05) is 40.4 Å². The Morgan fingerprint density at radius 2 is 1.90 bits per heavy atom. The number of hydrogen-bond acceptors (Lipinski definition) is 3. The second-order valence-electron chi connectivity index (χ2n) is 4.70. The van der Waals surface area contributed by atoms with Crippen molar-refractivity contribution in [3.63, 3.8) is 0 Å². The van der Waals surface area contributed by atoms with E-state index < -0.39 is 0 Å². The van der Waals surface area contributed by atoms with Crippen molar-refractivity contribution < 1.29 is 0 Å². The third-order valence-electron chi connectivity index (χ3n) is 3.54. The van der Waals surface area contributed by atoms with Crippen LogP contribution < -0.4 is 5.73 Å². The fraction of sp³-hybridized carbons (Fsp3) is 0. The summed E-state index contributed by atoms with van der Waals surface area (Å²) < 4.78 is 2.05. The first-order valence-electron chi connectivity index (χ1n) is 6.39. The molecule has 4 nitrogen and oxygen atoms in total. The number of aromatic nitrogens is 3. The second kappa shape index (κ2) is 4.06. The number of pyridine rings is 2. The molecule has 4 heteroatoms. The molecule has 0 unspecified atom stereocenters. The summed E-state index contributed by atoms with van der Waals surface area (Å²) in [5, 5.41) is 3.19. The molecule has 2 N–H and O–H groups in total. The van der Waals surface area contributed by atoms with Crippen molar-refractivity contribution in [3.8, 4) is 5.82 Å². The Kier molecular flexibility index (Phi) is 2.23. The Hall–Kier alpha value is -2.88. The van der Waals surface area contributed by atoms with Gasteiger partial charge in [-0.3, -0.25) is 9.55 Å². The average Bonchev–Trinajstić information content (AvgIpc) is 2.91. The maximum atomic E-state index is 6.04. The second-order valence-corrected chi connectivity index (χ2v) is 4.70. The van der Waals surface area contributed by atoms with E-state index in [4.69, 9.17) is 5.73 Å². The van der Waals surface area contributed by atoms with Gasteiger partial charge in [0.05, 0.1) is 11.7 Å². The third kappa shape index (κ3) is 1.48. The minimum Gasteiger partial charge on any atom is -0.398 e. The fourth-order valence-corrected chi connectivity index (χ4v) is 2.57. The normalized spacial score (nSPS) is 11.2. The van der Waals surface area contributed by atoms with Crippen molar-refractivity contribution in [1.29, 1.82) is 0 Å². The van der Waals surface area contributed by atoms with E-state index in [0.29, 0.717) is 0 Å². The van der Waals surface area contributed by atoms with Crippen molar-refractivity contribution >= 4 is 27.4 Å². The largest absolute Gasteiger partial charge is 0.398 e. The lowest BCUT2D eigenvalue weighted by Crippen LogP contribution is -1.98. The van der Waals surface area contributed by atoms with Crippen molar-refractivity contribution in [2.45, 2.75) is 0 Å². The Morgan fingerprint density at radius 1 is 0.950 bits per heavy atom. The van der Waals surface area contributed by atoms with Crippen molar-refractivity contribution in [1.82, 2.24) is 14.5 Å². The van der Waals surface area contributed by atoms with Gasteiger partial charge < -0.3 is 5.73 Å². The van der Waals surface area contributed by atoms with Crippen LogP contribution in [-0.4, -0.2) is 14.5 Å². The van der Waals surface area contributed by atoms with Crippen molar-refractivity contribution in [3.05, 3.63) is 61.2 Å². The first-order valence-corrected chi connectivity index (χ1v) is 6.39. The molecule has 0 amide bonds. The number of nitrogen functional groups attached to an aromatic ring is 1. The first kappa shape index (κ1) is 11.0. The minimum absolute atomic E-state index is 0.765. The molecule has 0 spiro atoms. The van der Waals surface area contributed by atoms with Gasteiger partial charge in [-0.2, -0.15) is 0 Å². The van der Waals surface area contributed by atoms with Crippen molar-refractivity contribution in [2.75, 3.05) is 5.73 Å². The van der Waals surface area contributed by atoms with Crippen LogP contribution >= 0.6 is 0 Å². The predicted molar refractivity (Wildman–Crippen MR) is 80.8 cm³/mol. The van der Waals surface area contributed by atoms with Gasteiger partial charge in [0.1, 0.15) is 5.82 Å². The highest BCUT2D eigenvalue weighted by Crippen LogP contribution is 2.27. The van der Waals surface area contributed by atoms with Crippen LogP contribution in [0.1, 0.15) is 0 Å². The SMILES string of the molecule is Nc1cccc2c(-n3ccc4ccncc43)nccc12. The number of nitrogens with zero attached hydrogens (tertiary/aromatic N) is 3. The Balaban J connectivity index is 2.10. The van der Waals surface area contributed by atoms with Gasteiger partial charge in [-0.1, -0.05) is 12.1 Å². The molecule has 3 heterocycles. The monoisotopic (exact) mass is 260 g/mol. The van der Waals surface area contributed by atoms with Crippen LogP contribution in [0, 0.1) is 0 Å². The van der Waals surface area contributed by atoms with E-state index >= 15 is 0 Å². The zero-order valence-corrected chi connectivity index (χ0v) is 10.7. The minimum atomic E-state index is 0.765. The zero-order chi connectivity index (χ0) is 13.5. The van der Waals surface area contributed by atoms with Crippen LogP contribution in [-0.2, 0) is 0 Å². The molecular weight excluding hydrogens is 248 g/mol. The van der Waals surface area contributed by atoms with Gasteiger partial charge in [-0.15, -0.1) is 0 Å². The molecule has 0 aliphatic heterocycles. The van der Waals surface area contributed by atoms with E-state index in [1.54, 1.807) is 12.4 Å². The highest BCUT2D eigenvalue weighted by Gasteiger charge is 2.09. The number of hydrogen-bond donors (Lipinski definition) is 1. The summed E-state index contributed by atoms with van der Waals surface area (Å²) in [5.74, 6) is 0.873. The number of anilines is 1. The highest BCUT2D eigenvalue weighted by atomic mass is 15.1. The molecule has 3 aromatic heterocycles. The Labute approximate surface area is 115 Å². The molecule has 96 valence electrons. The lowest BCUT2D eigenvalue weighted by molar-refractivity contribution is 1.06. The van der Waals surface area contributed by atoms with E-state index in [2.05, 4.69) is 16.0 Å². The molecule has 0 aliphatic carbocycles. The van der Waals surface area contributed by atoms with Crippen LogP contribution in [0.3, 0.4) is 0 Å². The predicted octanol–water partition coefficient (Wildman–Crippen LogP) is 3.16. The number of rotatable bonds is 1. The summed E-state index contributed by atoms with van der Waals surface area (Å²) in [6.45, 7) is 0. The van der Waals surface area contributed by atoms with E-state index in [1.165, 1.54) is 0 Å². The fourth-order valence-electron chi connectivity index (χ4n) is 2.57. The molecule has 1 aromatic carbocycles. The summed E-state index contributed by atoms with van der Waals surface area (Å²) in [5.41, 5.74) is 7.84. The van der Waals surface area contributed by atoms with Crippen molar-refractivity contribution in [2.24, 2.45) is 0 Å². The van der Waals surface area contributed by atoms with Gasteiger partial charge in [-0.25, -0.2) is 4.98 Å². The summed E-state index contributed by atoms with van der Waals surface area (Å²) >= 11 is 0. The molecule has 0 atom stereocenters. The molecule has 0 saturated heterocycles. The molecule has 0 fully saturated rings. The molecule has 0 radical (unpaired) electrons. The molecular formula is C16H12N4. The summed E-state index contributed by atoms with van der Waals surface area (Å²) in [6.07, 6.45) is 7.44. The molecule has 0 saturated carbocycles. The van der Waals surface area contributed by atoms with E-state index in [9.17, 15) is 0 Å². The topological polar surface area (TPSA) is 56.7 Å². The summed E-state index contributed by atoms with van der Waals surface area (Å²) in [6, 6.07) is 11.9. The highest BCUT2D eigenvalue weighted by molar-refractivity contribution is 5.98. The van der Waals surface area contributed by atoms with Crippen LogP contribution in [0.15, 0.2) is 61.2 Å². The number of benzene rings is 1. The lowest BCUT2D eigenvalue weighted by atomic mass is 10.1. The molecule has 0 bridgehead atoms. The number of fused-ring (bicyclic) bond motifs is 2. The smallest absolute Gasteiger partial charge is 0.145 e. The van der Waals surface area contributed by atoms with E-state index in [0.717, 1.165) is 33.2 Å². The molecule has 4 rings (SSSR count). The van der Waals surface area contributed by atoms with Gasteiger partial charge in [0.2, 0.25) is 0 Å². The number of nitrogens with two attached hydrogens (primary N) is 1. The maximum absolute atomic E-state index is 6.04. The van der Waals surface area contributed by atoms with E-state index in [-0.39, 0.29) is 0 Å². The van der Waals surface area contributed by atoms with Gasteiger partial charge in [-0.05, 0) is 24.3 Å². The Morgan fingerprint density at radius 3 is 2.85 bits per heavy atom. The maximum Gasteiger partial charge on any atom is 0.145 e. The van der Waals surface area contributed by atoms with Gasteiger partial charge in [0.15, 0.2) is 0 Å². The lowest BCUT2D eigenvalue weighted by Gasteiger charge is -2.09. The van der Waals surface area contributed by atoms with Gasteiger partial charge >= 0.3 is 0 Å². The quantitative estimate of drug-likeness (QED) is 0.535. The first-order chi connectivity index (χ1) is 9.84. The summed E-state index contributed by atoms with van der Waals surface area (Å²) in [7, 11) is 0. The molecule has 0 aliphatic rings. The third-order valence-corrected chi connectivity index (χ3v) is 3.54. The van der Waals surface area contributed by atoms with Gasteiger partial charge in [0.25, 0.3) is 0 Å². The van der Waals surface area contributed by atoms with E-state index in [1.807, 2.05) is 47.3 Å². The average molecular weight is 260 g/mol. The van der Waals surface area contributed by atoms with Crippen LogP contribution in [0.2, 0.25) is 0 Å². The zero-order valence-electron chi connectivity index (χ0n) is 10.7. The Bertz CT molecular complexity index is 924. The molecule has 20 heavy (non-hydrogen) atoms. The van der Waals surface area contributed by atoms with Crippen LogP contribution in [0.25, 0.3) is 27.5 Å². The standard InChI is InChI=1S/C16H12N4/c17-14-3-1-2-13-12(14)5-8-19-16(13)20-9-6-11-4-7-18-10-15(11)20/h1-10H,17H2. The van der Waals surface area contributed by atoms with Crippen LogP contribution in [0.4, 0.5) is 5.69 Å². The van der Waals surface area contributed by atoms with Crippen LogP contribution in [0.5, 0.6) is 0 Å². The summed E-state index contributed by atoms with van der Waals surface area (Å²) in [4.78, 5) is 8.72.